The highest BCUT2D eigenvalue weighted by atomic mass is 16.5. The summed E-state index contributed by atoms with van der Waals surface area (Å²) in [5, 5.41) is 0. The second kappa shape index (κ2) is 8.36. The predicted octanol–water partition coefficient (Wildman–Crippen LogP) is 5.10. The molecule has 0 bridgehead atoms. The van der Waals surface area contributed by atoms with Gasteiger partial charge in [-0.3, -0.25) is 4.98 Å². The maximum absolute atomic E-state index is 5.76. The Hall–Kier alpha value is -1.83. The van der Waals surface area contributed by atoms with Crippen molar-refractivity contribution in [2.45, 2.75) is 39.0 Å². The Morgan fingerprint density at radius 2 is 1.70 bits per heavy atom. The minimum absolute atomic E-state index is 0.815. The van der Waals surface area contributed by atoms with E-state index in [0.29, 0.717) is 0 Å². The normalized spacial score (nSPS) is 10.4. The van der Waals surface area contributed by atoms with E-state index < -0.39 is 0 Å². The smallest absolute Gasteiger partial charge is 0.119 e. The van der Waals surface area contributed by atoms with Gasteiger partial charge < -0.3 is 4.74 Å². The molecule has 2 heteroatoms. The van der Waals surface area contributed by atoms with E-state index >= 15 is 0 Å². The molecule has 0 aliphatic heterocycles. The second-order valence-electron chi connectivity index (χ2n) is 5.03. The third-order valence-corrected chi connectivity index (χ3v) is 3.37. The van der Waals surface area contributed by atoms with Crippen molar-refractivity contribution in [3.63, 3.8) is 0 Å². The highest BCUT2D eigenvalue weighted by Crippen LogP contribution is 2.21. The third-order valence-electron chi connectivity index (χ3n) is 3.37. The molecule has 0 amide bonds. The van der Waals surface area contributed by atoms with Crippen LogP contribution in [0.15, 0.2) is 48.8 Å². The molecular formula is C18H23NO. The molecule has 0 saturated carbocycles. The predicted molar refractivity (Wildman–Crippen MR) is 83.9 cm³/mol. The molecule has 0 spiro atoms. The van der Waals surface area contributed by atoms with Gasteiger partial charge in [-0.15, -0.1) is 0 Å². The van der Waals surface area contributed by atoms with Gasteiger partial charge in [0.2, 0.25) is 0 Å². The van der Waals surface area contributed by atoms with Crippen LogP contribution in [0.25, 0.3) is 11.1 Å². The lowest BCUT2D eigenvalue weighted by atomic mass is 10.1. The summed E-state index contributed by atoms with van der Waals surface area (Å²) in [4.78, 5) is 4.14. The molecule has 0 aliphatic carbocycles. The molecular weight excluding hydrogens is 246 g/mol. The summed E-state index contributed by atoms with van der Waals surface area (Å²) in [5.74, 6) is 0.952. The van der Waals surface area contributed by atoms with E-state index in [9.17, 15) is 0 Å². The van der Waals surface area contributed by atoms with Gasteiger partial charge in [0.15, 0.2) is 0 Å². The number of hydrogen-bond donors (Lipinski definition) is 0. The first-order chi connectivity index (χ1) is 9.90. The molecule has 2 aromatic rings. The molecule has 1 aromatic heterocycles. The first-order valence-electron chi connectivity index (χ1n) is 7.53. The van der Waals surface area contributed by atoms with E-state index in [0.717, 1.165) is 24.3 Å². The average Bonchev–Trinajstić information content (AvgIpc) is 2.52. The van der Waals surface area contributed by atoms with Crippen molar-refractivity contribution >= 4 is 0 Å². The zero-order chi connectivity index (χ0) is 14.0. The Balaban J connectivity index is 1.77. The van der Waals surface area contributed by atoms with Gasteiger partial charge in [-0.1, -0.05) is 50.8 Å². The van der Waals surface area contributed by atoms with Crippen LogP contribution in [0.3, 0.4) is 0 Å². The highest BCUT2D eigenvalue weighted by Gasteiger charge is 1.98. The minimum atomic E-state index is 0.815. The molecule has 1 heterocycles. The minimum Gasteiger partial charge on any atom is -0.494 e. The highest BCUT2D eigenvalue weighted by molar-refractivity contribution is 5.62. The van der Waals surface area contributed by atoms with Crippen LogP contribution in [0, 0.1) is 0 Å². The van der Waals surface area contributed by atoms with Gasteiger partial charge in [0, 0.05) is 12.4 Å². The number of hydrogen-bond acceptors (Lipinski definition) is 2. The van der Waals surface area contributed by atoms with Crippen molar-refractivity contribution in [1.29, 1.82) is 0 Å². The first-order valence-corrected chi connectivity index (χ1v) is 7.53. The molecule has 0 radical (unpaired) electrons. The van der Waals surface area contributed by atoms with Gasteiger partial charge in [-0.25, -0.2) is 0 Å². The topological polar surface area (TPSA) is 22.1 Å². The summed E-state index contributed by atoms with van der Waals surface area (Å²) in [6.07, 6.45) is 10.0. The fraction of sp³-hybridized carbons (Fsp3) is 0.389. The number of unbranched alkanes of at least 4 members (excludes halogenated alkanes) is 4. The van der Waals surface area contributed by atoms with E-state index in [1.165, 1.54) is 31.2 Å². The Labute approximate surface area is 121 Å². The summed E-state index contributed by atoms with van der Waals surface area (Å²) < 4.78 is 5.76. The quantitative estimate of drug-likeness (QED) is 0.622. The molecule has 0 atom stereocenters. The van der Waals surface area contributed by atoms with Crippen molar-refractivity contribution < 1.29 is 4.74 Å². The van der Waals surface area contributed by atoms with Crippen molar-refractivity contribution in [3.05, 3.63) is 48.8 Å². The lowest BCUT2D eigenvalue weighted by Gasteiger charge is -2.07. The van der Waals surface area contributed by atoms with Gasteiger partial charge >= 0.3 is 0 Å². The summed E-state index contributed by atoms with van der Waals surface area (Å²) in [7, 11) is 0. The van der Waals surface area contributed by atoms with Gasteiger partial charge in [0.25, 0.3) is 0 Å². The standard InChI is InChI=1S/C18H23NO/c1-2-3-4-5-6-14-20-18-11-9-16(10-12-18)17-8-7-13-19-15-17/h7-13,15H,2-6,14H2,1H3. The lowest BCUT2D eigenvalue weighted by molar-refractivity contribution is 0.304. The zero-order valence-electron chi connectivity index (χ0n) is 12.2. The van der Waals surface area contributed by atoms with Crippen LogP contribution in [0.2, 0.25) is 0 Å². The van der Waals surface area contributed by atoms with Crippen LogP contribution in [0.1, 0.15) is 39.0 Å². The van der Waals surface area contributed by atoms with Crippen molar-refractivity contribution in [2.75, 3.05) is 6.61 Å². The van der Waals surface area contributed by atoms with E-state index in [-0.39, 0.29) is 0 Å². The first kappa shape index (κ1) is 14.6. The maximum Gasteiger partial charge on any atom is 0.119 e. The Morgan fingerprint density at radius 1 is 0.900 bits per heavy atom. The lowest BCUT2D eigenvalue weighted by Crippen LogP contribution is -1.97. The Morgan fingerprint density at radius 3 is 2.40 bits per heavy atom. The monoisotopic (exact) mass is 269 g/mol. The number of benzene rings is 1. The van der Waals surface area contributed by atoms with Gasteiger partial charge in [0.05, 0.1) is 6.61 Å². The molecule has 106 valence electrons. The van der Waals surface area contributed by atoms with E-state index in [1.54, 1.807) is 6.20 Å². The number of ether oxygens (including phenoxy) is 1. The molecule has 0 N–H and O–H groups in total. The molecule has 2 nitrogen and oxygen atoms in total. The van der Waals surface area contributed by atoms with Gasteiger partial charge in [0.1, 0.15) is 5.75 Å². The molecule has 0 aliphatic rings. The molecule has 0 fully saturated rings. The Bertz CT molecular complexity index is 479. The van der Waals surface area contributed by atoms with E-state index in [2.05, 4.69) is 30.1 Å². The molecule has 20 heavy (non-hydrogen) atoms. The van der Waals surface area contributed by atoms with Crippen molar-refractivity contribution in [3.8, 4) is 16.9 Å². The van der Waals surface area contributed by atoms with Crippen LogP contribution in [-0.2, 0) is 0 Å². The number of aromatic nitrogens is 1. The summed E-state index contributed by atoms with van der Waals surface area (Å²) in [5.41, 5.74) is 2.31. The van der Waals surface area contributed by atoms with Crippen molar-refractivity contribution in [1.82, 2.24) is 4.98 Å². The largest absolute Gasteiger partial charge is 0.494 e. The third kappa shape index (κ3) is 4.69. The summed E-state index contributed by atoms with van der Waals surface area (Å²) in [6, 6.07) is 12.3. The molecule has 2 rings (SSSR count). The van der Waals surface area contributed by atoms with Gasteiger partial charge in [-0.05, 0) is 35.7 Å². The van der Waals surface area contributed by atoms with Crippen molar-refractivity contribution in [2.24, 2.45) is 0 Å². The fourth-order valence-electron chi connectivity index (χ4n) is 2.17. The maximum atomic E-state index is 5.76. The Kier molecular flexibility index (Phi) is 6.09. The van der Waals surface area contributed by atoms with Crippen LogP contribution in [-0.4, -0.2) is 11.6 Å². The van der Waals surface area contributed by atoms with E-state index in [4.69, 9.17) is 4.74 Å². The van der Waals surface area contributed by atoms with Crippen LogP contribution in [0.4, 0.5) is 0 Å². The average molecular weight is 269 g/mol. The number of rotatable bonds is 8. The molecule has 1 aromatic carbocycles. The molecule has 0 unspecified atom stereocenters. The number of pyridine rings is 1. The number of nitrogens with zero attached hydrogens (tertiary/aromatic N) is 1. The molecule has 0 saturated heterocycles. The zero-order valence-corrected chi connectivity index (χ0v) is 12.2. The van der Waals surface area contributed by atoms with Crippen LogP contribution < -0.4 is 4.74 Å². The second-order valence-corrected chi connectivity index (χ2v) is 5.03. The summed E-state index contributed by atoms with van der Waals surface area (Å²) in [6.45, 7) is 3.05. The van der Waals surface area contributed by atoms with E-state index in [1.807, 2.05) is 24.4 Å². The SMILES string of the molecule is CCCCCCCOc1ccc(-c2cccnc2)cc1. The van der Waals surface area contributed by atoms with Gasteiger partial charge in [-0.2, -0.15) is 0 Å². The fourth-order valence-corrected chi connectivity index (χ4v) is 2.17. The van der Waals surface area contributed by atoms with Crippen LogP contribution >= 0.6 is 0 Å². The van der Waals surface area contributed by atoms with Crippen LogP contribution in [0.5, 0.6) is 5.75 Å². The summed E-state index contributed by atoms with van der Waals surface area (Å²) >= 11 is 0.